The van der Waals surface area contributed by atoms with Crippen molar-refractivity contribution in [3.05, 3.63) is 51.2 Å². The first kappa shape index (κ1) is 28.4. The number of nitrogens with zero attached hydrogens (tertiary/aromatic N) is 3. The molecule has 39 heavy (non-hydrogen) atoms. The third kappa shape index (κ3) is 5.57. The third-order valence-electron chi connectivity index (χ3n) is 7.53. The Kier molecular flexibility index (Phi) is 7.63. The number of benzene rings is 1. The van der Waals surface area contributed by atoms with Gasteiger partial charge in [-0.25, -0.2) is 18.0 Å². The Balaban J connectivity index is 1.56. The van der Waals surface area contributed by atoms with Gasteiger partial charge >= 0.3 is 11.9 Å². The second-order valence-electron chi connectivity index (χ2n) is 10.6. The number of carbonyl (C=O) groups is 4. The maximum atomic E-state index is 13.3. The lowest BCUT2D eigenvalue weighted by Crippen LogP contribution is -2.62. The third-order valence-corrected chi connectivity index (χ3v) is 8.10. The molecule has 3 aliphatic rings. The molecule has 0 aromatic heterocycles. The Labute approximate surface area is 225 Å². The highest BCUT2D eigenvalue weighted by Crippen LogP contribution is 2.49. The molecule has 0 radical (unpaired) electrons. The molecule has 14 heteroatoms. The first-order chi connectivity index (χ1) is 18.2. The molecule has 13 nitrogen and oxygen atoms in total. The summed E-state index contributed by atoms with van der Waals surface area (Å²) in [7, 11) is -3.70. The van der Waals surface area contributed by atoms with E-state index in [1.54, 1.807) is 0 Å². The Morgan fingerprint density at radius 1 is 1.18 bits per heavy atom. The summed E-state index contributed by atoms with van der Waals surface area (Å²) in [6.45, 7) is 6.70. The molecule has 4 rings (SSSR count). The van der Waals surface area contributed by atoms with Crippen molar-refractivity contribution in [1.82, 2.24) is 14.5 Å². The molecule has 1 aromatic rings. The minimum atomic E-state index is -3.70. The highest BCUT2D eigenvalue weighted by Gasteiger charge is 2.59. The number of fused-ring (bicyclic) bond motifs is 1. The van der Waals surface area contributed by atoms with Crippen LogP contribution in [0.25, 0.3) is 0 Å². The number of non-ortho nitro benzene ring substituents is 1. The molecule has 210 valence electrons. The van der Waals surface area contributed by atoms with Crippen LogP contribution in [0.2, 0.25) is 0 Å². The average molecular weight is 563 g/mol. The molecule has 3 aliphatic heterocycles. The molecule has 0 aliphatic carbocycles. The first-order valence-corrected chi connectivity index (χ1v) is 14.4. The Morgan fingerprint density at radius 2 is 1.82 bits per heavy atom. The van der Waals surface area contributed by atoms with Crippen LogP contribution in [0.4, 0.5) is 5.69 Å². The monoisotopic (exact) mass is 562 g/mol. The molecular formula is C25H30N4O9S. The number of hydrogen-bond acceptors (Lipinski definition) is 10. The number of nitro groups is 1. The predicted molar refractivity (Wildman–Crippen MR) is 136 cm³/mol. The van der Waals surface area contributed by atoms with Gasteiger partial charge in [-0.3, -0.25) is 29.3 Å². The highest BCUT2D eigenvalue weighted by atomic mass is 32.2. The van der Waals surface area contributed by atoms with E-state index in [1.165, 1.54) is 17.0 Å². The van der Waals surface area contributed by atoms with E-state index >= 15 is 0 Å². The van der Waals surface area contributed by atoms with E-state index in [1.807, 2.05) is 30.4 Å². The number of hydrogen-bond donors (Lipinski definition) is 1. The Morgan fingerprint density at radius 3 is 2.38 bits per heavy atom. The van der Waals surface area contributed by atoms with Gasteiger partial charge in [0.15, 0.2) is 0 Å². The smallest absolute Gasteiger partial charge is 0.362 e. The molecule has 1 aromatic carbocycles. The summed E-state index contributed by atoms with van der Waals surface area (Å²) in [5.74, 6) is -3.91. The van der Waals surface area contributed by atoms with E-state index in [9.17, 15) is 37.7 Å². The van der Waals surface area contributed by atoms with Crippen LogP contribution >= 0.6 is 0 Å². The Hall–Kier alpha value is -3.65. The van der Waals surface area contributed by atoms with Crippen molar-refractivity contribution in [3.63, 3.8) is 0 Å². The van der Waals surface area contributed by atoms with Crippen LogP contribution in [0, 0.1) is 33.8 Å². The maximum absolute atomic E-state index is 13.3. The van der Waals surface area contributed by atoms with Crippen molar-refractivity contribution in [2.45, 2.75) is 33.2 Å². The summed E-state index contributed by atoms with van der Waals surface area (Å²) in [5, 5.41) is 10.9. The van der Waals surface area contributed by atoms with Crippen LogP contribution in [0.3, 0.4) is 0 Å². The van der Waals surface area contributed by atoms with E-state index < -0.39 is 38.7 Å². The van der Waals surface area contributed by atoms with Gasteiger partial charge in [0.25, 0.3) is 5.69 Å². The molecular weight excluding hydrogens is 532 g/mol. The fourth-order valence-electron chi connectivity index (χ4n) is 5.64. The number of esters is 2. The van der Waals surface area contributed by atoms with Gasteiger partial charge < -0.3 is 9.64 Å². The zero-order valence-corrected chi connectivity index (χ0v) is 22.8. The molecule has 0 spiro atoms. The van der Waals surface area contributed by atoms with Crippen molar-refractivity contribution in [2.75, 3.05) is 25.9 Å². The molecule has 3 heterocycles. The second-order valence-corrected chi connectivity index (χ2v) is 12.3. The zero-order chi connectivity index (χ0) is 28.8. The summed E-state index contributed by atoms with van der Waals surface area (Å²) in [6.07, 6.45) is 1.33. The summed E-state index contributed by atoms with van der Waals surface area (Å²) in [6, 6.07) is 4.32. The van der Waals surface area contributed by atoms with E-state index in [2.05, 4.69) is 0 Å². The van der Waals surface area contributed by atoms with Crippen LogP contribution in [-0.2, 0) is 29.1 Å². The van der Waals surface area contributed by atoms with Crippen molar-refractivity contribution < 1.29 is 37.3 Å². The number of likely N-dealkylation sites (tertiary alicyclic amines) is 1. The standard InChI is InChI=1S/C25H30N4O9S/c1-13(2)19-20-14(3)18(12-27-10-9-16(11-27)22(30)26-39(4,36)37)21(28(20)23(19)31)25(33)38-24(32)15-5-7-17(8-6-15)29(34)35/h5-8,13-14,16,19-20H,9-12H2,1-4H3,(H,26,30)/t14-,16-,19+,20+/m0/s1. The van der Waals surface area contributed by atoms with Crippen LogP contribution in [0.1, 0.15) is 37.6 Å². The molecule has 4 atom stereocenters. The number of β-lactam (4-membered cyclic amide) rings is 1. The van der Waals surface area contributed by atoms with Crippen LogP contribution in [-0.4, -0.2) is 78.8 Å². The van der Waals surface area contributed by atoms with Gasteiger partial charge in [-0.2, -0.15) is 0 Å². The summed E-state index contributed by atoms with van der Waals surface area (Å²) < 4.78 is 30.0. The predicted octanol–water partition coefficient (Wildman–Crippen LogP) is 1.06. The van der Waals surface area contributed by atoms with Gasteiger partial charge in [-0.1, -0.05) is 20.8 Å². The lowest BCUT2D eigenvalue weighted by molar-refractivity contribution is -0.384. The van der Waals surface area contributed by atoms with Crippen molar-refractivity contribution in [1.29, 1.82) is 0 Å². The molecule has 2 saturated heterocycles. The quantitative estimate of drug-likeness (QED) is 0.159. The Bertz CT molecular complexity index is 1370. The summed E-state index contributed by atoms with van der Waals surface area (Å²) >= 11 is 0. The van der Waals surface area contributed by atoms with E-state index in [0.29, 0.717) is 18.5 Å². The maximum Gasteiger partial charge on any atom is 0.362 e. The van der Waals surface area contributed by atoms with Crippen LogP contribution in [0.15, 0.2) is 35.5 Å². The van der Waals surface area contributed by atoms with Crippen molar-refractivity contribution >= 4 is 39.5 Å². The number of carbonyl (C=O) groups excluding carboxylic acids is 4. The molecule has 2 fully saturated rings. The normalized spacial score (nSPS) is 24.9. The number of amides is 2. The zero-order valence-electron chi connectivity index (χ0n) is 21.9. The van der Waals surface area contributed by atoms with E-state index in [4.69, 9.17) is 4.74 Å². The van der Waals surface area contributed by atoms with Crippen molar-refractivity contribution in [3.8, 4) is 0 Å². The fraction of sp³-hybridized carbons (Fsp3) is 0.520. The van der Waals surface area contributed by atoms with Gasteiger partial charge in [0.1, 0.15) is 5.70 Å². The van der Waals surface area contributed by atoms with Gasteiger partial charge in [0.2, 0.25) is 21.8 Å². The van der Waals surface area contributed by atoms with E-state index in [0.717, 1.165) is 18.4 Å². The highest BCUT2D eigenvalue weighted by molar-refractivity contribution is 7.89. The number of rotatable bonds is 8. The minimum Gasteiger partial charge on any atom is -0.385 e. The largest absolute Gasteiger partial charge is 0.385 e. The average Bonchev–Trinajstić information content (AvgIpc) is 3.40. The number of sulfonamides is 1. The molecule has 2 amide bonds. The summed E-state index contributed by atoms with van der Waals surface area (Å²) in [4.78, 5) is 65.0. The molecule has 1 N–H and O–H groups in total. The molecule has 0 bridgehead atoms. The van der Waals surface area contributed by atoms with Crippen LogP contribution < -0.4 is 4.72 Å². The minimum absolute atomic E-state index is 0.00583. The first-order valence-electron chi connectivity index (χ1n) is 12.5. The van der Waals surface area contributed by atoms with E-state index in [-0.39, 0.29) is 59.7 Å². The molecule has 0 unspecified atom stereocenters. The number of ether oxygens (including phenoxy) is 1. The SMILES string of the molecule is CC(C)[C@H]1C(=O)N2C(C(=O)OC(=O)c3ccc([N+](=O)[O-])cc3)=C(CN3CC[C@H](C(=O)NS(C)(=O)=O)C3)[C@H](C)[C@H]12. The van der Waals surface area contributed by atoms with Gasteiger partial charge in [-0.15, -0.1) is 0 Å². The fourth-order valence-corrected chi connectivity index (χ4v) is 6.17. The van der Waals surface area contributed by atoms with Gasteiger partial charge in [0.05, 0.1) is 34.6 Å². The second kappa shape index (κ2) is 10.5. The van der Waals surface area contributed by atoms with Crippen molar-refractivity contribution in [2.24, 2.45) is 23.7 Å². The summed E-state index contributed by atoms with van der Waals surface area (Å²) in [5.41, 5.74) is 0.305. The lowest BCUT2D eigenvalue weighted by atomic mass is 9.74. The van der Waals surface area contributed by atoms with Gasteiger partial charge in [-0.05, 0) is 36.6 Å². The molecule has 0 saturated carbocycles. The lowest BCUT2D eigenvalue weighted by Gasteiger charge is -2.47. The number of nitrogens with one attached hydrogen (secondary N) is 1. The van der Waals surface area contributed by atoms with Crippen LogP contribution in [0.5, 0.6) is 0 Å². The number of nitro benzene ring substituents is 1. The topological polar surface area (TPSA) is 173 Å². The van der Waals surface area contributed by atoms with Gasteiger partial charge in [0, 0.05) is 31.1 Å².